The lowest BCUT2D eigenvalue weighted by Gasteiger charge is -2.34. The van der Waals surface area contributed by atoms with E-state index in [4.69, 9.17) is 5.73 Å². The summed E-state index contributed by atoms with van der Waals surface area (Å²) in [5.74, 6) is 0. The second-order valence-electron chi connectivity index (χ2n) is 3.90. The molecule has 0 aromatic rings. The van der Waals surface area contributed by atoms with Crippen molar-refractivity contribution in [1.29, 1.82) is 0 Å². The summed E-state index contributed by atoms with van der Waals surface area (Å²) in [6.07, 6.45) is 1.15. The molecule has 0 radical (unpaired) electrons. The fourth-order valence-corrected chi connectivity index (χ4v) is 1.24. The quantitative estimate of drug-likeness (QED) is 0.606. The molecule has 11 heavy (non-hydrogen) atoms. The van der Waals surface area contributed by atoms with Crippen LogP contribution in [0.2, 0.25) is 0 Å². The number of hydrazine groups is 1. The minimum atomic E-state index is 0.244. The summed E-state index contributed by atoms with van der Waals surface area (Å²) >= 11 is 0. The number of rotatable bonds is 2. The van der Waals surface area contributed by atoms with Crippen LogP contribution in [0.25, 0.3) is 0 Å². The molecule has 0 bridgehead atoms. The number of nitrogens with zero attached hydrogens (tertiary/aromatic N) is 1. The molecule has 0 amide bonds. The first-order valence-electron chi connectivity index (χ1n) is 4.33. The van der Waals surface area contributed by atoms with Crippen LogP contribution >= 0.6 is 0 Å². The van der Waals surface area contributed by atoms with Gasteiger partial charge in [-0.05, 0) is 20.3 Å². The lowest BCUT2D eigenvalue weighted by Crippen LogP contribution is -2.47. The van der Waals surface area contributed by atoms with Gasteiger partial charge in [-0.1, -0.05) is 6.92 Å². The Morgan fingerprint density at radius 3 is 2.64 bits per heavy atom. The standard InChI is InChI=1S/C8H19N3/c1-4-8(2,3)11-6-7(9)5-10-11/h7,10H,4-6,9H2,1-3H3. The molecule has 0 aliphatic carbocycles. The molecule has 1 atom stereocenters. The molecule has 3 N–H and O–H groups in total. The highest BCUT2D eigenvalue weighted by Gasteiger charge is 2.30. The molecule has 1 aliphatic heterocycles. The topological polar surface area (TPSA) is 41.3 Å². The van der Waals surface area contributed by atoms with Gasteiger partial charge in [0.25, 0.3) is 0 Å². The first-order chi connectivity index (χ1) is 5.06. The average Bonchev–Trinajstić information content (AvgIpc) is 2.36. The van der Waals surface area contributed by atoms with Crippen molar-refractivity contribution in [2.24, 2.45) is 5.73 Å². The van der Waals surface area contributed by atoms with Gasteiger partial charge in [0.1, 0.15) is 0 Å². The number of nitrogens with one attached hydrogen (secondary N) is 1. The second kappa shape index (κ2) is 3.09. The highest BCUT2D eigenvalue weighted by Crippen LogP contribution is 2.18. The number of hydrogen-bond donors (Lipinski definition) is 2. The van der Waals surface area contributed by atoms with Crippen LogP contribution in [-0.4, -0.2) is 29.7 Å². The summed E-state index contributed by atoms with van der Waals surface area (Å²) in [5, 5.41) is 2.25. The van der Waals surface area contributed by atoms with Crippen molar-refractivity contribution >= 4 is 0 Å². The second-order valence-corrected chi connectivity index (χ2v) is 3.90. The van der Waals surface area contributed by atoms with Crippen molar-refractivity contribution in [3.8, 4) is 0 Å². The van der Waals surface area contributed by atoms with Gasteiger partial charge in [-0.2, -0.15) is 0 Å². The van der Waals surface area contributed by atoms with Gasteiger partial charge < -0.3 is 5.73 Å². The normalized spacial score (nSPS) is 27.8. The molecule has 3 heteroatoms. The van der Waals surface area contributed by atoms with E-state index >= 15 is 0 Å². The predicted molar refractivity (Wildman–Crippen MR) is 47.1 cm³/mol. The Morgan fingerprint density at radius 1 is 1.64 bits per heavy atom. The van der Waals surface area contributed by atoms with Gasteiger partial charge in [0.2, 0.25) is 0 Å². The van der Waals surface area contributed by atoms with Gasteiger partial charge in [-0.15, -0.1) is 0 Å². The van der Waals surface area contributed by atoms with E-state index in [1.54, 1.807) is 0 Å². The Hall–Kier alpha value is -0.120. The summed E-state index contributed by atoms with van der Waals surface area (Å²) in [6, 6.07) is 0.306. The maximum absolute atomic E-state index is 5.77. The molecule has 0 saturated carbocycles. The lowest BCUT2D eigenvalue weighted by atomic mass is 10.0. The molecule has 0 spiro atoms. The zero-order chi connectivity index (χ0) is 8.48. The average molecular weight is 157 g/mol. The van der Waals surface area contributed by atoms with Gasteiger partial charge in [-0.3, -0.25) is 5.43 Å². The smallest absolute Gasteiger partial charge is 0.0323 e. The van der Waals surface area contributed by atoms with E-state index in [0.29, 0.717) is 6.04 Å². The molecule has 3 nitrogen and oxygen atoms in total. The third-order valence-electron chi connectivity index (χ3n) is 2.56. The minimum Gasteiger partial charge on any atom is -0.325 e. The Morgan fingerprint density at radius 2 is 2.27 bits per heavy atom. The molecule has 1 unspecified atom stereocenters. The molecule has 1 saturated heterocycles. The van der Waals surface area contributed by atoms with Crippen molar-refractivity contribution in [2.75, 3.05) is 13.1 Å². The Kier molecular flexibility index (Phi) is 2.52. The summed E-state index contributed by atoms with van der Waals surface area (Å²) < 4.78 is 0. The van der Waals surface area contributed by atoms with Crippen LogP contribution in [0.4, 0.5) is 0 Å². The van der Waals surface area contributed by atoms with E-state index in [1.165, 1.54) is 0 Å². The molecule has 0 aromatic carbocycles. The van der Waals surface area contributed by atoms with E-state index in [2.05, 4.69) is 31.2 Å². The highest BCUT2D eigenvalue weighted by molar-refractivity contribution is 4.85. The maximum Gasteiger partial charge on any atom is 0.0323 e. The summed E-state index contributed by atoms with van der Waals surface area (Å²) in [6.45, 7) is 8.56. The Labute approximate surface area is 68.9 Å². The first kappa shape index (κ1) is 8.97. The molecule has 1 rings (SSSR count). The van der Waals surface area contributed by atoms with Crippen LogP contribution in [0.1, 0.15) is 27.2 Å². The predicted octanol–water partition coefficient (Wildman–Crippen LogP) is 0.323. The highest BCUT2D eigenvalue weighted by atomic mass is 15.6. The van der Waals surface area contributed by atoms with Gasteiger partial charge >= 0.3 is 0 Å². The summed E-state index contributed by atoms with van der Waals surface area (Å²) in [4.78, 5) is 0. The van der Waals surface area contributed by atoms with Crippen molar-refractivity contribution in [3.05, 3.63) is 0 Å². The van der Waals surface area contributed by atoms with Crippen LogP contribution < -0.4 is 11.2 Å². The molecule has 1 heterocycles. The van der Waals surface area contributed by atoms with E-state index in [9.17, 15) is 0 Å². The van der Waals surface area contributed by atoms with Crippen LogP contribution in [-0.2, 0) is 0 Å². The van der Waals surface area contributed by atoms with Crippen molar-refractivity contribution in [2.45, 2.75) is 38.8 Å². The maximum atomic E-state index is 5.77. The van der Waals surface area contributed by atoms with Crippen molar-refractivity contribution < 1.29 is 0 Å². The molecule has 1 aliphatic rings. The van der Waals surface area contributed by atoms with Crippen molar-refractivity contribution in [3.63, 3.8) is 0 Å². The van der Waals surface area contributed by atoms with Gasteiger partial charge in [0.05, 0.1) is 0 Å². The largest absolute Gasteiger partial charge is 0.325 e. The first-order valence-corrected chi connectivity index (χ1v) is 4.33. The molecular weight excluding hydrogens is 138 g/mol. The molecule has 0 aromatic heterocycles. The lowest BCUT2D eigenvalue weighted by molar-refractivity contribution is 0.0943. The summed E-state index contributed by atoms with van der Waals surface area (Å²) in [5.41, 5.74) is 9.32. The Bertz CT molecular complexity index is 133. The molecule has 1 fully saturated rings. The Balaban J connectivity index is 2.48. The SMILES string of the molecule is CCC(C)(C)N1CC(N)CN1. The summed E-state index contributed by atoms with van der Waals surface area (Å²) in [7, 11) is 0. The zero-order valence-corrected chi connectivity index (χ0v) is 7.72. The van der Waals surface area contributed by atoms with Crippen LogP contribution in [0, 0.1) is 0 Å². The van der Waals surface area contributed by atoms with Crippen molar-refractivity contribution in [1.82, 2.24) is 10.4 Å². The number of nitrogens with two attached hydrogens (primary N) is 1. The molecule has 66 valence electrons. The van der Waals surface area contributed by atoms with E-state index in [-0.39, 0.29) is 5.54 Å². The van der Waals surface area contributed by atoms with Gasteiger partial charge in [0, 0.05) is 24.7 Å². The van der Waals surface area contributed by atoms with Crippen LogP contribution in [0.15, 0.2) is 0 Å². The minimum absolute atomic E-state index is 0.244. The van der Waals surface area contributed by atoms with Gasteiger partial charge in [0.15, 0.2) is 0 Å². The zero-order valence-electron chi connectivity index (χ0n) is 7.72. The third-order valence-corrected chi connectivity index (χ3v) is 2.56. The van der Waals surface area contributed by atoms with Crippen LogP contribution in [0.3, 0.4) is 0 Å². The third kappa shape index (κ3) is 1.92. The van der Waals surface area contributed by atoms with Crippen LogP contribution in [0.5, 0.6) is 0 Å². The fourth-order valence-electron chi connectivity index (χ4n) is 1.24. The van der Waals surface area contributed by atoms with E-state index in [1.807, 2.05) is 0 Å². The molecular formula is C8H19N3. The van der Waals surface area contributed by atoms with E-state index in [0.717, 1.165) is 19.5 Å². The van der Waals surface area contributed by atoms with Gasteiger partial charge in [-0.25, -0.2) is 5.01 Å². The fraction of sp³-hybridized carbons (Fsp3) is 1.00. The monoisotopic (exact) mass is 157 g/mol. The van der Waals surface area contributed by atoms with E-state index < -0.39 is 0 Å². The number of hydrogen-bond acceptors (Lipinski definition) is 3.